The van der Waals surface area contributed by atoms with Gasteiger partial charge in [0.05, 0.1) is 11.6 Å². The van der Waals surface area contributed by atoms with Crippen molar-refractivity contribution < 1.29 is 9.18 Å². The topological polar surface area (TPSA) is 46.1 Å². The summed E-state index contributed by atoms with van der Waals surface area (Å²) >= 11 is 0. The summed E-state index contributed by atoms with van der Waals surface area (Å²) in [6, 6.07) is 6.38. The van der Waals surface area contributed by atoms with Crippen molar-refractivity contribution in [2.45, 2.75) is 32.2 Å². The van der Waals surface area contributed by atoms with Crippen LogP contribution in [0.4, 0.5) is 4.39 Å². The molecule has 4 nitrogen and oxygen atoms in total. The normalized spacial score (nSPS) is 17.7. The van der Waals surface area contributed by atoms with Gasteiger partial charge in [0.1, 0.15) is 11.6 Å². The van der Waals surface area contributed by atoms with Crippen LogP contribution in [0.25, 0.3) is 0 Å². The Morgan fingerprint density at radius 3 is 2.59 bits per heavy atom. The van der Waals surface area contributed by atoms with Crippen LogP contribution < -0.4 is 0 Å². The molecule has 1 aromatic carbocycles. The lowest BCUT2D eigenvalue weighted by molar-refractivity contribution is 0.0734. The molecule has 2 aromatic rings. The molecular formula is C17H18FN3O. The van der Waals surface area contributed by atoms with Crippen LogP contribution >= 0.6 is 0 Å². The smallest absolute Gasteiger partial charge is 0.257 e. The molecule has 0 bridgehead atoms. The van der Waals surface area contributed by atoms with Crippen molar-refractivity contribution in [1.82, 2.24) is 14.9 Å². The number of halogens is 1. The van der Waals surface area contributed by atoms with E-state index in [1.165, 1.54) is 12.1 Å². The van der Waals surface area contributed by atoms with Gasteiger partial charge in [0.15, 0.2) is 0 Å². The summed E-state index contributed by atoms with van der Waals surface area (Å²) in [5.74, 6) is 0.408. The minimum absolute atomic E-state index is 0.000971. The van der Waals surface area contributed by atoms with Crippen molar-refractivity contribution >= 4 is 5.91 Å². The maximum Gasteiger partial charge on any atom is 0.257 e. The summed E-state index contributed by atoms with van der Waals surface area (Å²) in [5.41, 5.74) is 1.48. The molecule has 0 unspecified atom stereocenters. The summed E-state index contributed by atoms with van der Waals surface area (Å²) in [6.45, 7) is 2.68. The molecule has 1 aliphatic rings. The first-order valence-electron chi connectivity index (χ1n) is 7.56. The molecule has 1 aliphatic heterocycles. The molecule has 0 N–H and O–H groups in total. The summed E-state index contributed by atoms with van der Waals surface area (Å²) in [6.07, 6.45) is 5.77. The molecule has 0 radical (unpaired) electrons. The summed E-state index contributed by atoms with van der Waals surface area (Å²) in [5, 5.41) is 0. The highest BCUT2D eigenvalue weighted by molar-refractivity contribution is 5.94. The van der Waals surface area contributed by atoms with E-state index in [-0.39, 0.29) is 17.8 Å². The molecule has 1 saturated heterocycles. The van der Waals surface area contributed by atoms with E-state index in [4.69, 9.17) is 0 Å². The fourth-order valence-electron chi connectivity index (χ4n) is 2.85. The van der Waals surface area contributed by atoms with Crippen LogP contribution in [0.3, 0.4) is 0 Å². The largest absolute Gasteiger partial charge is 0.332 e. The van der Waals surface area contributed by atoms with Crippen LogP contribution in [0.2, 0.25) is 0 Å². The third kappa shape index (κ3) is 2.84. The predicted octanol–water partition coefficient (Wildman–Crippen LogP) is 3.16. The van der Waals surface area contributed by atoms with Crippen LogP contribution in [-0.2, 0) is 6.42 Å². The number of aryl methyl sites for hydroxylation is 1. The number of likely N-dealkylation sites (tertiary alicyclic amines) is 1. The Balaban J connectivity index is 1.82. The Morgan fingerprint density at radius 1 is 1.27 bits per heavy atom. The van der Waals surface area contributed by atoms with Gasteiger partial charge in [0.2, 0.25) is 0 Å². The first-order chi connectivity index (χ1) is 10.7. The Morgan fingerprint density at radius 2 is 1.95 bits per heavy atom. The van der Waals surface area contributed by atoms with Gasteiger partial charge in [-0.25, -0.2) is 14.4 Å². The molecule has 1 atom stereocenters. The molecule has 0 saturated carbocycles. The van der Waals surface area contributed by atoms with Gasteiger partial charge in [0, 0.05) is 25.4 Å². The quantitative estimate of drug-likeness (QED) is 0.874. The zero-order valence-corrected chi connectivity index (χ0v) is 12.5. The van der Waals surface area contributed by atoms with Gasteiger partial charge in [-0.2, -0.15) is 0 Å². The van der Waals surface area contributed by atoms with Crippen molar-refractivity contribution in [3.63, 3.8) is 0 Å². The molecule has 114 valence electrons. The summed E-state index contributed by atoms with van der Waals surface area (Å²) in [7, 11) is 0. The molecule has 5 heteroatoms. The van der Waals surface area contributed by atoms with Gasteiger partial charge >= 0.3 is 0 Å². The van der Waals surface area contributed by atoms with Crippen LogP contribution in [0.15, 0.2) is 36.7 Å². The van der Waals surface area contributed by atoms with Gasteiger partial charge in [-0.05, 0) is 30.5 Å². The number of carbonyl (C=O) groups excluding carboxylic acids is 1. The van der Waals surface area contributed by atoms with Crippen molar-refractivity contribution in [2.75, 3.05) is 6.54 Å². The lowest BCUT2D eigenvalue weighted by Gasteiger charge is -2.25. The Hall–Kier alpha value is -2.30. The van der Waals surface area contributed by atoms with Crippen LogP contribution in [0.1, 0.15) is 47.6 Å². The highest BCUT2D eigenvalue weighted by Gasteiger charge is 2.30. The highest BCUT2D eigenvalue weighted by atomic mass is 19.1. The second-order valence-electron chi connectivity index (χ2n) is 5.45. The third-order valence-corrected chi connectivity index (χ3v) is 4.04. The number of hydrogen-bond donors (Lipinski definition) is 0. The van der Waals surface area contributed by atoms with Gasteiger partial charge in [-0.3, -0.25) is 4.79 Å². The monoisotopic (exact) mass is 299 g/mol. The maximum atomic E-state index is 13.1. The minimum atomic E-state index is -0.261. The van der Waals surface area contributed by atoms with E-state index in [0.29, 0.717) is 12.1 Å². The zero-order chi connectivity index (χ0) is 15.5. The molecule has 1 fully saturated rings. The first kappa shape index (κ1) is 14.6. The van der Waals surface area contributed by atoms with E-state index < -0.39 is 0 Å². The molecule has 2 heterocycles. The fraction of sp³-hybridized carbons (Fsp3) is 0.353. The molecule has 1 amide bonds. The van der Waals surface area contributed by atoms with Crippen LogP contribution in [0, 0.1) is 5.82 Å². The number of carbonyl (C=O) groups is 1. The second-order valence-corrected chi connectivity index (χ2v) is 5.45. The SMILES string of the molecule is CCc1ncc(C(=O)N2CCC[C@@H]2c2ccc(F)cc2)cn1. The Kier molecular flexibility index (Phi) is 4.13. The third-order valence-electron chi connectivity index (χ3n) is 4.04. The zero-order valence-electron chi connectivity index (χ0n) is 12.5. The van der Waals surface area contributed by atoms with Crippen molar-refractivity contribution in [3.8, 4) is 0 Å². The van der Waals surface area contributed by atoms with E-state index in [9.17, 15) is 9.18 Å². The molecule has 0 aliphatic carbocycles. The van der Waals surface area contributed by atoms with E-state index >= 15 is 0 Å². The molecular weight excluding hydrogens is 281 g/mol. The number of nitrogens with zero attached hydrogens (tertiary/aromatic N) is 3. The van der Waals surface area contributed by atoms with E-state index in [1.54, 1.807) is 24.5 Å². The summed E-state index contributed by atoms with van der Waals surface area (Å²) in [4.78, 5) is 22.9. The highest BCUT2D eigenvalue weighted by Crippen LogP contribution is 2.33. The van der Waals surface area contributed by atoms with Crippen molar-refractivity contribution in [1.29, 1.82) is 0 Å². The lowest BCUT2D eigenvalue weighted by atomic mass is 10.0. The predicted molar refractivity (Wildman–Crippen MR) is 80.8 cm³/mol. The van der Waals surface area contributed by atoms with Gasteiger partial charge in [-0.15, -0.1) is 0 Å². The average Bonchev–Trinajstić information content (AvgIpc) is 3.04. The van der Waals surface area contributed by atoms with E-state index in [1.807, 2.05) is 11.8 Å². The lowest BCUT2D eigenvalue weighted by Crippen LogP contribution is -2.30. The number of rotatable bonds is 3. The first-order valence-corrected chi connectivity index (χ1v) is 7.56. The number of benzene rings is 1. The summed E-state index contributed by atoms with van der Waals surface area (Å²) < 4.78 is 13.1. The van der Waals surface area contributed by atoms with Gasteiger partial charge in [-0.1, -0.05) is 19.1 Å². The van der Waals surface area contributed by atoms with E-state index in [0.717, 1.165) is 30.7 Å². The van der Waals surface area contributed by atoms with E-state index in [2.05, 4.69) is 9.97 Å². The average molecular weight is 299 g/mol. The second kappa shape index (κ2) is 6.22. The Bertz CT molecular complexity index is 655. The molecule has 0 spiro atoms. The molecule has 3 rings (SSSR count). The van der Waals surface area contributed by atoms with Crippen molar-refractivity contribution in [3.05, 3.63) is 59.4 Å². The van der Waals surface area contributed by atoms with Crippen molar-refractivity contribution in [2.24, 2.45) is 0 Å². The van der Waals surface area contributed by atoms with Gasteiger partial charge in [0.25, 0.3) is 5.91 Å². The standard InChI is InChI=1S/C17H18FN3O/c1-2-16-19-10-13(11-20-16)17(22)21-9-3-4-15(21)12-5-7-14(18)8-6-12/h5-8,10-11,15H,2-4,9H2,1H3/t15-/m1/s1. The van der Waals surface area contributed by atoms with Gasteiger partial charge < -0.3 is 4.90 Å². The van der Waals surface area contributed by atoms with Crippen LogP contribution in [-0.4, -0.2) is 27.3 Å². The Labute approximate surface area is 129 Å². The fourth-order valence-corrected chi connectivity index (χ4v) is 2.85. The maximum absolute atomic E-state index is 13.1. The molecule has 1 aromatic heterocycles. The minimum Gasteiger partial charge on any atom is -0.332 e. The number of amides is 1. The molecule has 22 heavy (non-hydrogen) atoms. The number of aromatic nitrogens is 2. The number of hydrogen-bond acceptors (Lipinski definition) is 3. The van der Waals surface area contributed by atoms with Crippen LogP contribution in [0.5, 0.6) is 0 Å².